The minimum atomic E-state index is -0.513. The zero-order valence-electron chi connectivity index (χ0n) is 16.6. The molecule has 6 heteroatoms. The second kappa shape index (κ2) is 8.95. The van der Waals surface area contributed by atoms with Crippen molar-refractivity contribution in [2.45, 2.75) is 45.6 Å². The maximum absolute atomic E-state index is 14.0. The fraction of sp³-hybridized carbons (Fsp3) is 0.409. The molecule has 0 atom stereocenters. The molecular formula is C22H27FN2O3. The Balaban J connectivity index is 1.91. The number of rotatable bonds is 6. The Morgan fingerprint density at radius 1 is 1.25 bits per heavy atom. The number of benzene rings is 2. The summed E-state index contributed by atoms with van der Waals surface area (Å²) in [6.45, 7) is 3.81. The molecule has 0 spiro atoms. The van der Waals surface area contributed by atoms with E-state index in [4.69, 9.17) is 9.47 Å². The summed E-state index contributed by atoms with van der Waals surface area (Å²) < 4.78 is 25.2. The third-order valence-electron chi connectivity index (χ3n) is 5.06. The maximum atomic E-state index is 14.0. The van der Waals surface area contributed by atoms with Gasteiger partial charge in [-0.05, 0) is 63.8 Å². The number of carbonyl (C=O) groups excluding carboxylic acids is 1. The highest BCUT2D eigenvalue weighted by Gasteiger charge is 2.20. The van der Waals surface area contributed by atoms with Crippen LogP contribution < -0.4 is 15.0 Å². The molecule has 0 saturated heterocycles. The molecule has 2 aromatic carbocycles. The van der Waals surface area contributed by atoms with Gasteiger partial charge in [-0.25, -0.2) is 9.18 Å². The van der Waals surface area contributed by atoms with Gasteiger partial charge in [-0.3, -0.25) is 5.32 Å². The quantitative estimate of drug-likeness (QED) is 0.682. The van der Waals surface area contributed by atoms with Gasteiger partial charge in [0.25, 0.3) is 0 Å². The van der Waals surface area contributed by atoms with Crippen LogP contribution in [0.4, 0.5) is 26.2 Å². The fourth-order valence-corrected chi connectivity index (χ4v) is 3.48. The second-order valence-corrected chi connectivity index (χ2v) is 6.99. The van der Waals surface area contributed by atoms with Gasteiger partial charge < -0.3 is 14.4 Å². The predicted octanol–water partition coefficient (Wildman–Crippen LogP) is 5.79. The van der Waals surface area contributed by atoms with Gasteiger partial charge in [-0.15, -0.1) is 0 Å². The van der Waals surface area contributed by atoms with E-state index in [-0.39, 0.29) is 11.9 Å². The SMILES string of the molecule is CCOC(=O)Nc1ccc(N(C)c2cccc(F)c2C)cc1OC1CCCC1. The summed E-state index contributed by atoms with van der Waals surface area (Å²) in [6.07, 6.45) is 3.92. The van der Waals surface area contributed by atoms with Crippen molar-refractivity contribution >= 4 is 23.2 Å². The first-order valence-corrected chi connectivity index (χ1v) is 9.73. The van der Waals surface area contributed by atoms with Crippen LogP contribution in [0.25, 0.3) is 0 Å². The lowest BCUT2D eigenvalue weighted by Crippen LogP contribution is -2.18. The van der Waals surface area contributed by atoms with Crippen molar-refractivity contribution in [3.05, 3.63) is 47.8 Å². The van der Waals surface area contributed by atoms with Gasteiger partial charge in [-0.1, -0.05) is 6.07 Å². The lowest BCUT2D eigenvalue weighted by atomic mass is 10.1. The number of carbonyl (C=O) groups is 1. The molecule has 0 heterocycles. The van der Waals surface area contributed by atoms with E-state index in [0.29, 0.717) is 23.6 Å². The van der Waals surface area contributed by atoms with Crippen LogP contribution in [-0.2, 0) is 4.74 Å². The van der Waals surface area contributed by atoms with E-state index >= 15 is 0 Å². The van der Waals surface area contributed by atoms with Crippen LogP contribution in [0, 0.1) is 12.7 Å². The smallest absolute Gasteiger partial charge is 0.411 e. The molecule has 1 fully saturated rings. The van der Waals surface area contributed by atoms with E-state index in [9.17, 15) is 9.18 Å². The first-order valence-electron chi connectivity index (χ1n) is 9.73. The van der Waals surface area contributed by atoms with Crippen molar-refractivity contribution in [3.8, 4) is 5.75 Å². The number of nitrogens with zero attached hydrogens (tertiary/aromatic N) is 1. The fourth-order valence-electron chi connectivity index (χ4n) is 3.48. The molecule has 150 valence electrons. The molecule has 28 heavy (non-hydrogen) atoms. The Bertz CT molecular complexity index is 835. The Kier molecular flexibility index (Phi) is 6.39. The first-order chi connectivity index (χ1) is 13.5. The van der Waals surface area contributed by atoms with Gasteiger partial charge >= 0.3 is 6.09 Å². The van der Waals surface area contributed by atoms with E-state index in [0.717, 1.165) is 37.1 Å². The molecule has 0 radical (unpaired) electrons. The van der Waals surface area contributed by atoms with Crippen LogP contribution in [-0.4, -0.2) is 25.9 Å². The van der Waals surface area contributed by atoms with Crippen LogP contribution in [0.5, 0.6) is 5.75 Å². The molecule has 1 aliphatic rings. The van der Waals surface area contributed by atoms with E-state index in [1.807, 2.05) is 30.1 Å². The van der Waals surface area contributed by atoms with E-state index in [1.165, 1.54) is 6.07 Å². The van der Waals surface area contributed by atoms with E-state index < -0.39 is 6.09 Å². The van der Waals surface area contributed by atoms with Crippen molar-refractivity contribution in [3.63, 3.8) is 0 Å². The van der Waals surface area contributed by atoms with Gasteiger partial charge in [0, 0.05) is 30.1 Å². The van der Waals surface area contributed by atoms with E-state index in [2.05, 4.69) is 5.32 Å². The summed E-state index contributed by atoms with van der Waals surface area (Å²) in [6, 6.07) is 10.6. The molecular weight excluding hydrogens is 359 g/mol. The molecule has 0 unspecified atom stereocenters. The zero-order chi connectivity index (χ0) is 20.1. The summed E-state index contributed by atoms with van der Waals surface area (Å²) >= 11 is 0. The summed E-state index contributed by atoms with van der Waals surface area (Å²) in [4.78, 5) is 13.8. The van der Waals surface area contributed by atoms with Crippen molar-refractivity contribution in [1.82, 2.24) is 0 Å². The Morgan fingerprint density at radius 3 is 2.71 bits per heavy atom. The number of halogens is 1. The largest absolute Gasteiger partial charge is 0.488 e. The monoisotopic (exact) mass is 386 g/mol. The summed E-state index contributed by atoms with van der Waals surface area (Å²) in [5.74, 6) is 0.353. The predicted molar refractivity (Wildman–Crippen MR) is 109 cm³/mol. The van der Waals surface area contributed by atoms with Crippen molar-refractivity contribution < 1.29 is 18.7 Å². The minimum absolute atomic E-state index is 0.138. The second-order valence-electron chi connectivity index (χ2n) is 6.99. The lowest BCUT2D eigenvalue weighted by Gasteiger charge is -2.24. The number of ether oxygens (including phenoxy) is 2. The van der Waals surface area contributed by atoms with Gasteiger partial charge in [0.2, 0.25) is 0 Å². The average molecular weight is 386 g/mol. The van der Waals surface area contributed by atoms with Gasteiger partial charge in [0.05, 0.1) is 18.4 Å². The summed E-state index contributed by atoms with van der Waals surface area (Å²) in [5, 5.41) is 2.75. The molecule has 1 N–H and O–H groups in total. The van der Waals surface area contributed by atoms with Crippen LogP contribution in [0.15, 0.2) is 36.4 Å². The third-order valence-corrected chi connectivity index (χ3v) is 5.06. The molecule has 1 amide bonds. The highest BCUT2D eigenvalue weighted by atomic mass is 19.1. The molecule has 0 aliphatic heterocycles. The summed E-state index contributed by atoms with van der Waals surface area (Å²) in [7, 11) is 1.88. The van der Waals surface area contributed by atoms with E-state index in [1.54, 1.807) is 26.0 Å². The number of nitrogens with one attached hydrogen (secondary N) is 1. The summed E-state index contributed by atoms with van der Waals surface area (Å²) in [5.41, 5.74) is 2.77. The average Bonchev–Trinajstić information content (AvgIpc) is 3.18. The van der Waals surface area contributed by atoms with Crippen molar-refractivity contribution in [1.29, 1.82) is 0 Å². The Hall–Kier alpha value is -2.76. The topological polar surface area (TPSA) is 50.8 Å². The highest BCUT2D eigenvalue weighted by Crippen LogP contribution is 2.36. The molecule has 1 aliphatic carbocycles. The molecule has 0 aromatic heterocycles. The van der Waals surface area contributed by atoms with Crippen molar-refractivity contribution in [2.24, 2.45) is 0 Å². The highest BCUT2D eigenvalue weighted by molar-refractivity contribution is 5.87. The Morgan fingerprint density at radius 2 is 2.00 bits per heavy atom. The lowest BCUT2D eigenvalue weighted by molar-refractivity contribution is 0.167. The normalized spacial score (nSPS) is 14.0. The van der Waals surface area contributed by atoms with Crippen LogP contribution in [0.2, 0.25) is 0 Å². The number of hydrogen-bond acceptors (Lipinski definition) is 4. The van der Waals surface area contributed by atoms with Gasteiger partial charge in [-0.2, -0.15) is 0 Å². The van der Waals surface area contributed by atoms with Crippen LogP contribution in [0.3, 0.4) is 0 Å². The molecule has 5 nitrogen and oxygen atoms in total. The van der Waals surface area contributed by atoms with Gasteiger partial charge in [0.1, 0.15) is 11.6 Å². The van der Waals surface area contributed by atoms with Crippen LogP contribution in [0.1, 0.15) is 38.2 Å². The molecule has 3 rings (SSSR count). The van der Waals surface area contributed by atoms with Crippen LogP contribution >= 0.6 is 0 Å². The number of anilines is 3. The Labute approximate surface area is 165 Å². The number of amides is 1. The first kappa shape index (κ1) is 20.0. The molecule has 2 aromatic rings. The third kappa shape index (κ3) is 4.55. The zero-order valence-corrected chi connectivity index (χ0v) is 16.6. The standard InChI is InChI=1S/C22H27FN2O3/c1-4-27-22(26)24-19-13-12-16(14-21(19)28-17-8-5-6-9-17)25(3)20-11-7-10-18(23)15(20)2/h7,10-14,17H,4-6,8-9H2,1-3H3,(H,24,26). The van der Waals surface area contributed by atoms with Gasteiger partial charge in [0.15, 0.2) is 0 Å². The molecule has 1 saturated carbocycles. The molecule has 0 bridgehead atoms. The minimum Gasteiger partial charge on any atom is -0.488 e. The van der Waals surface area contributed by atoms with Crippen molar-refractivity contribution in [2.75, 3.05) is 23.9 Å². The maximum Gasteiger partial charge on any atom is 0.411 e. The number of hydrogen-bond donors (Lipinski definition) is 1.